The van der Waals surface area contributed by atoms with Crippen LogP contribution in [0.5, 0.6) is 0 Å². The van der Waals surface area contributed by atoms with Gasteiger partial charge in [0.1, 0.15) is 24.4 Å². The number of hydrogen-bond acceptors (Lipinski definition) is 8. The van der Waals surface area contributed by atoms with E-state index in [1.165, 1.54) is 148 Å². The molecule has 9 heteroatoms. The third-order valence-corrected chi connectivity index (χ3v) is 13.2. The van der Waals surface area contributed by atoms with Crippen molar-refractivity contribution in [2.24, 2.45) is 0 Å². The standard InChI is InChI=1S/C57H105NO8/c1-3-5-7-9-11-13-15-17-19-21-22-23-24-25-26-27-28-29-31-32-34-36-38-40-42-44-46-51(60)50(49-65-57-56(64)55(63)54(62)52(48-59)66-57)58-53(61)47-45-43-41-39-37-35-33-30-20-18-16-14-12-10-8-6-4-2/h6,8,12,14,18,20,33,35,50-52,54-57,59-60,62-64H,3-5,7,9-11,13,15-17,19,21-32,34,36-49H2,1-2H3,(H,58,61)/b8-6-,14-12-,20-18-,35-33-. The number of unbranched alkanes of at least 4 members (excludes halogenated alkanes) is 29. The van der Waals surface area contributed by atoms with Gasteiger partial charge in [-0.3, -0.25) is 4.79 Å². The van der Waals surface area contributed by atoms with E-state index in [9.17, 15) is 30.3 Å². The highest BCUT2D eigenvalue weighted by Crippen LogP contribution is 2.23. The van der Waals surface area contributed by atoms with E-state index in [4.69, 9.17) is 9.47 Å². The van der Waals surface area contributed by atoms with Gasteiger partial charge in [0.15, 0.2) is 6.29 Å². The van der Waals surface area contributed by atoms with Crippen LogP contribution in [-0.2, 0) is 14.3 Å². The van der Waals surface area contributed by atoms with E-state index < -0.39 is 49.5 Å². The Labute approximate surface area is 405 Å². The summed E-state index contributed by atoms with van der Waals surface area (Å²) in [7, 11) is 0. The third kappa shape index (κ3) is 36.2. The summed E-state index contributed by atoms with van der Waals surface area (Å²) in [5, 5.41) is 54.6. The van der Waals surface area contributed by atoms with E-state index in [-0.39, 0.29) is 12.5 Å². The van der Waals surface area contributed by atoms with Gasteiger partial charge >= 0.3 is 0 Å². The van der Waals surface area contributed by atoms with Crippen LogP contribution < -0.4 is 5.32 Å². The molecule has 0 aromatic heterocycles. The maximum atomic E-state index is 13.0. The molecule has 9 nitrogen and oxygen atoms in total. The summed E-state index contributed by atoms with van der Waals surface area (Å²) in [6.45, 7) is 3.73. The fourth-order valence-electron chi connectivity index (χ4n) is 8.80. The van der Waals surface area contributed by atoms with E-state index in [1.807, 2.05) is 0 Å². The molecular formula is C57H105NO8. The molecule has 1 aliphatic heterocycles. The Morgan fingerprint density at radius 3 is 1.39 bits per heavy atom. The zero-order valence-electron chi connectivity index (χ0n) is 42.7. The van der Waals surface area contributed by atoms with E-state index in [2.05, 4.69) is 67.8 Å². The molecule has 0 aliphatic carbocycles. The summed E-state index contributed by atoms with van der Waals surface area (Å²) in [6.07, 6.45) is 54.2. The van der Waals surface area contributed by atoms with Gasteiger partial charge in [-0.05, 0) is 51.4 Å². The second-order valence-electron chi connectivity index (χ2n) is 19.4. The van der Waals surface area contributed by atoms with Gasteiger partial charge in [0.25, 0.3) is 0 Å². The largest absolute Gasteiger partial charge is 0.394 e. The number of carbonyl (C=O) groups excluding carboxylic acids is 1. The number of hydrogen-bond donors (Lipinski definition) is 6. The molecule has 1 heterocycles. The van der Waals surface area contributed by atoms with E-state index in [1.54, 1.807) is 0 Å². The maximum absolute atomic E-state index is 13.0. The molecule has 1 fully saturated rings. The van der Waals surface area contributed by atoms with Crippen LogP contribution in [0, 0.1) is 0 Å². The highest BCUT2D eigenvalue weighted by molar-refractivity contribution is 5.76. The van der Waals surface area contributed by atoms with Crippen LogP contribution in [0.1, 0.15) is 251 Å². The van der Waals surface area contributed by atoms with Gasteiger partial charge in [-0.25, -0.2) is 0 Å². The van der Waals surface area contributed by atoms with Gasteiger partial charge in [-0.15, -0.1) is 0 Å². The van der Waals surface area contributed by atoms with Crippen LogP contribution in [0.15, 0.2) is 48.6 Å². The van der Waals surface area contributed by atoms with Crippen molar-refractivity contribution in [1.82, 2.24) is 5.32 Å². The van der Waals surface area contributed by atoms with Gasteiger partial charge in [0.2, 0.25) is 5.91 Å². The van der Waals surface area contributed by atoms with Crippen molar-refractivity contribution in [3.05, 3.63) is 48.6 Å². The number of aliphatic hydroxyl groups is 5. The molecule has 66 heavy (non-hydrogen) atoms. The summed E-state index contributed by atoms with van der Waals surface area (Å²) in [5.41, 5.74) is 0. The first kappa shape index (κ1) is 62.2. The van der Waals surface area contributed by atoms with Gasteiger partial charge in [0, 0.05) is 6.42 Å². The van der Waals surface area contributed by atoms with Crippen LogP contribution in [0.2, 0.25) is 0 Å². The number of nitrogens with one attached hydrogen (secondary N) is 1. The molecular weight excluding hydrogens is 827 g/mol. The number of rotatable bonds is 47. The second-order valence-corrected chi connectivity index (χ2v) is 19.4. The number of aliphatic hydroxyl groups excluding tert-OH is 5. The fraction of sp³-hybridized carbons (Fsp3) is 0.842. The van der Waals surface area contributed by atoms with Crippen molar-refractivity contribution < 1.29 is 39.8 Å². The highest BCUT2D eigenvalue weighted by atomic mass is 16.7. The number of carbonyl (C=O) groups is 1. The normalized spacial score (nSPS) is 20.1. The lowest BCUT2D eigenvalue weighted by Gasteiger charge is -2.40. The Morgan fingerprint density at radius 1 is 0.530 bits per heavy atom. The molecule has 386 valence electrons. The minimum Gasteiger partial charge on any atom is -0.394 e. The molecule has 0 aromatic rings. The molecule has 0 radical (unpaired) electrons. The van der Waals surface area contributed by atoms with Crippen molar-refractivity contribution in [3.8, 4) is 0 Å². The van der Waals surface area contributed by atoms with Gasteiger partial charge in [0.05, 0.1) is 25.4 Å². The average Bonchev–Trinajstić information content (AvgIpc) is 3.32. The van der Waals surface area contributed by atoms with Crippen LogP contribution >= 0.6 is 0 Å². The zero-order valence-corrected chi connectivity index (χ0v) is 42.7. The van der Waals surface area contributed by atoms with Crippen molar-refractivity contribution in [1.29, 1.82) is 0 Å². The molecule has 7 unspecified atom stereocenters. The van der Waals surface area contributed by atoms with E-state index >= 15 is 0 Å². The summed E-state index contributed by atoms with van der Waals surface area (Å²) in [6, 6.07) is -0.734. The average molecular weight is 932 g/mol. The molecule has 0 bridgehead atoms. The van der Waals surface area contributed by atoms with E-state index in [0.717, 1.165) is 77.0 Å². The lowest BCUT2D eigenvalue weighted by atomic mass is 9.99. The Hall–Kier alpha value is -1.85. The molecule has 1 amide bonds. The summed E-state index contributed by atoms with van der Waals surface area (Å²) in [5.74, 6) is -0.166. The smallest absolute Gasteiger partial charge is 0.220 e. The Bertz CT molecular complexity index is 1170. The number of amides is 1. The number of ether oxygens (including phenoxy) is 2. The Kier molecular flexibility index (Phi) is 44.1. The first-order valence-corrected chi connectivity index (χ1v) is 27.8. The van der Waals surface area contributed by atoms with Gasteiger partial charge in [-0.2, -0.15) is 0 Å². The van der Waals surface area contributed by atoms with Gasteiger partial charge < -0.3 is 40.3 Å². The lowest BCUT2D eigenvalue weighted by Crippen LogP contribution is -2.60. The molecule has 1 rings (SSSR count). The SMILES string of the molecule is CC/C=C\C/C=C\C/C=C\C/C=C\CCCCCCC(=O)NC(COC1OC(CO)C(O)C(O)C1O)C(O)CCCCCCCCCCCCCCCCCCCCCCCCCCCC. The summed E-state index contributed by atoms with van der Waals surface area (Å²) in [4.78, 5) is 13.0. The predicted octanol–water partition coefficient (Wildman–Crippen LogP) is 13.3. The zero-order chi connectivity index (χ0) is 48.0. The molecule has 0 spiro atoms. The van der Waals surface area contributed by atoms with Crippen LogP contribution in [0.25, 0.3) is 0 Å². The van der Waals surface area contributed by atoms with Crippen LogP contribution in [0.4, 0.5) is 0 Å². The summed E-state index contributed by atoms with van der Waals surface area (Å²) >= 11 is 0. The van der Waals surface area contributed by atoms with Crippen molar-refractivity contribution >= 4 is 5.91 Å². The number of allylic oxidation sites excluding steroid dienone is 8. The van der Waals surface area contributed by atoms with Crippen LogP contribution in [0.3, 0.4) is 0 Å². The van der Waals surface area contributed by atoms with Crippen LogP contribution in [-0.4, -0.2) is 87.5 Å². The monoisotopic (exact) mass is 932 g/mol. The van der Waals surface area contributed by atoms with Crippen molar-refractivity contribution in [3.63, 3.8) is 0 Å². The van der Waals surface area contributed by atoms with Gasteiger partial charge in [-0.1, -0.05) is 242 Å². The molecule has 7 atom stereocenters. The minimum atomic E-state index is -1.56. The topological polar surface area (TPSA) is 149 Å². The second kappa shape index (κ2) is 46.9. The van der Waals surface area contributed by atoms with Crippen molar-refractivity contribution in [2.75, 3.05) is 13.2 Å². The predicted molar refractivity (Wildman–Crippen MR) is 276 cm³/mol. The van der Waals surface area contributed by atoms with E-state index in [0.29, 0.717) is 12.8 Å². The third-order valence-electron chi connectivity index (χ3n) is 13.2. The Balaban J connectivity index is 2.22. The first-order valence-electron chi connectivity index (χ1n) is 27.8. The molecule has 1 saturated heterocycles. The van der Waals surface area contributed by atoms with Crippen molar-refractivity contribution in [2.45, 2.75) is 294 Å². The quantitative estimate of drug-likeness (QED) is 0.0261. The highest BCUT2D eigenvalue weighted by Gasteiger charge is 2.44. The fourth-order valence-corrected chi connectivity index (χ4v) is 8.80. The summed E-state index contributed by atoms with van der Waals surface area (Å²) < 4.78 is 11.3. The first-order chi connectivity index (χ1) is 32.3. The lowest BCUT2D eigenvalue weighted by molar-refractivity contribution is -0.302. The molecule has 1 aliphatic rings. The minimum absolute atomic E-state index is 0.149. The molecule has 0 aromatic carbocycles. The maximum Gasteiger partial charge on any atom is 0.220 e. The molecule has 6 N–H and O–H groups in total. The molecule has 0 saturated carbocycles. The Morgan fingerprint density at radius 2 is 0.939 bits per heavy atom.